The van der Waals surface area contributed by atoms with Crippen molar-refractivity contribution in [2.45, 2.75) is 64.1 Å². The molecule has 4 rings (SSSR count). The molecule has 7 nitrogen and oxygen atoms in total. The number of carbonyl (C=O) groups is 3. The number of hydrogen-bond donors (Lipinski definition) is 1. The lowest BCUT2D eigenvalue weighted by atomic mass is 9.77. The van der Waals surface area contributed by atoms with E-state index in [1.54, 1.807) is 11.9 Å². The standard InChI is InChI=1S/C22H29N3O4/c1-14-6-8-22(9-7-14)20(27)25(21(28)23-22)13-19(26)24(3)12-16-4-5-18-17(11-16)10-15(2)29-18/h4-5,11,14-15H,6-10,12-13H2,1-3H3,(H,23,28). The van der Waals surface area contributed by atoms with Gasteiger partial charge in [-0.3, -0.25) is 14.5 Å². The predicted octanol–water partition coefficient (Wildman–Crippen LogP) is 2.47. The summed E-state index contributed by atoms with van der Waals surface area (Å²) in [7, 11) is 1.70. The van der Waals surface area contributed by atoms with E-state index in [0.29, 0.717) is 25.3 Å². The highest BCUT2D eigenvalue weighted by molar-refractivity contribution is 6.09. The topological polar surface area (TPSA) is 79.0 Å². The van der Waals surface area contributed by atoms with Crippen molar-refractivity contribution in [1.29, 1.82) is 0 Å². The Morgan fingerprint density at radius 1 is 1.28 bits per heavy atom. The number of rotatable bonds is 4. The first-order valence-corrected chi connectivity index (χ1v) is 10.4. The maximum Gasteiger partial charge on any atom is 0.325 e. The molecule has 1 saturated carbocycles. The fourth-order valence-corrected chi connectivity index (χ4v) is 4.61. The average molecular weight is 399 g/mol. The van der Waals surface area contributed by atoms with E-state index in [1.807, 2.05) is 19.1 Å². The minimum absolute atomic E-state index is 0.175. The summed E-state index contributed by atoms with van der Waals surface area (Å²) in [6, 6.07) is 5.51. The van der Waals surface area contributed by atoms with E-state index in [9.17, 15) is 14.4 Å². The zero-order valence-corrected chi connectivity index (χ0v) is 17.4. The van der Waals surface area contributed by atoms with E-state index in [4.69, 9.17) is 4.74 Å². The number of ether oxygens (including phenoxy) is 1. The van der Waals surface area contributed by atoms with Crippen molar-refractivity contribution < 1.29 is 19.1 Å². The van der Waals surface area contributed by atoms with Crippen LogP contribution in [-0.2, 0) is 22.6 Å². The lowest BCUT2D eigenvalue weighted by Gasteiger charge is -2.33. The van der Waals surface area contributed by atoms with Crippen LogP contribution < -0.4 is 10.1 Å². The van der Waals surface area contributed by atoms with Crippen LogP contribution in [0.2, 0.25) is 0 Å². The Morgan fingerprint density at radius 3 is 2.72 bits per heavy atom. The van der Waals surface area contributed by atoms with Crippen LogP contribution in [0.25, 0.3) is 0 Å². The molecule has 1 aliphatic carbocycles. The van der Waals surface area contributed by atoms with Crippen LogP contribution in [0.15, 0.2) is 18.2 Å². The highest BCUT2D eigenvalue weighted by Gasteiger charge is 2.52. The molecule has 29 heavy (non-hydrogen) atoms. The van der Waals surface area contributed by atoms with Gasteiger partial charge in [0, 0.05) is 20.0 Å². The second-order valence-corrected chi connectivity index (χ2v) is 8.91. The third-order valence-corrected chi connectivity index (χ3v) is 6.47. The molecule has 4 amide bonds. The van der Waals surface area contributed by atoms with E-state index in [0.717, 1.165) is 41.0 Å². The van der Waals surface area contributed by atoms with Crippen molar-refractivity contribution >= 4 is 17.8 Å². The molecule has 2 aliphatic heterocycles. The Morgan fingerprint density at radius 2 is 2.00 bits per heavy atom. The van der Waals surface area contributed by atoms with Gasteiger partial charge in [0.1, 0.15) is 23.9 Å². The summed E-state index contributed by atoms with van der Waals surface area (Å²) >= 11 is 0. The zero-order valence-electron chi connectivity index (χ0n) is 17.4. The summed E-state index contributed by atoms with van der Waals surface area (Å²) in [5.41, 5.74) is 1.35. The number of fused-ring (bicyclic) bond motifs is 1. The van der Waals surface area contributed by atoms with Crippen LogP contribution in [0.4, 0.5) is 4.79 Å². The highest BCUT2D eigenvalue weighted by atomic mass is 16.5. The largest absolute Gasteiger partial charge is 0.490 e. The van der Waals surface area contributed by atoms with E-state index in [2.05, 4.69) is 18.3 Å². The molecular formula is C22H29N3O4. The number of amides is 4. The van der Waals surface area contributed by atoms with Crippen molar-refractivity contribution in [1.82, 2.24) is 15.1 Å². The molecule has 1 N–H and O–H groups in total. The second kappa shape index (κ2) is 7.35. The molecule has 7 heteroatoms. The van der Waals surface area contributed by atoms with Crippen molar-refractivity contribution in [2.24, 2.45) is 5.92 Å². The molecule has 1 aromatic rings. The summed E-state index contributed by atoms with van der Waals surface area (Å²) < 4.78 is 5.72. The third kappa shape index (κ3) is 3.70. The predicted molar refractivity (Wildman–Crippen MR) is 107 cm³/mol. The van der Waals surface area contributed by atoms with E-state index < -0.39 is 11.6 Å². The van der Waals surface area contributed by atoms with E-state index >= 15 is 0 Å². The van der Waals surface area contributed by atoms with Gasteiger partial charge in [-0.2, -0.15) is 0 Å². The molecule has 0 radical (unpaired) electrons. The maximum absolute atomic E-state index is 12.9. The molecule has 1 unspecified atom stereocenters. The lowest BCUT2D eigenvalue weighted by Crippen LogP contribution is -2.50. The van der Waals surface area contributed by atoms with Crippen molar-refractivity contribution in [2.75, 3.05) is 13.6 Å². The first kappa shape index (κ1) is 19.7. The van der Waals surface area contributed by atoms with Gasteiger partial charge in [0.15, 0.2) is 0 Å². The number of imide groups is 1. The molecule has 2 heterocycles. The van der Waals surface area contributed by atoms with Gasteiger partial charge in [-0.1, -0.05) is 19.1 Å². The van der Waals surface area contributed by atoms with Gasteiger partial charge in [-0.05, 0) is 55.7 Å². The summed E-state index contributed by atoms with van der Waals surface area (Å²) in [6.45, 7) is 4.40. The van der Waals surface area contributed by atoms with Crippen LogP contribution in [0, 0.1) is 5.92 Å². The van der Waals surface area contributed by atoms with Crippen LogP contribution in [0.3, 0.4) is 0 Å². The van der Waals surface area contributed by atoms with Gasteiger partial charge in [0.2, 0.25) is 5.91 Å². The van der Waals surface area contributed by atoms with E-state index in [1.165, 1.54) is 0 Å². The third-order valence-electron chi connectivity index (χ3n) is 6.47. The highest BCUT2D eigenvalue weighted by Crippen LogP contribution is 2.36. The molecule has 0 aromatic heterocycles. The molecule has 1 spiro atoms. The lowest BCUT2D eigenvalue weighted by molar-refractivity contribution is -0.139. The molecule has 1 atom stereocenters. The summed E-state index contributed by atoms with van der Waals surface area (Å²) in [5.74, 6) is 0.967. The minimum Gasteiger partial charge on any atom is -0.490 e. The Balaban J connectivity index is 1.38. The smallest absolute Gasteiger partial charge is 0.325 e. The van der Waals surface area contributed by atoms with Crippen LogP contribution in [0.5, 0.6) is 5.75 Å². The Bertz CT molecular complexity index is 844. The fourth-order valence-electron chi connectivity index (χ4n) is 4.61. The molecule has 0 bridgehead atoms. The summed E-state index contributed by atoms with van der Waals surface area (Å²) in [4.78, 5) is 40.7. The van der Waals surface area contributed by atoms with E-state index in [-0.39, 0.29) is 24.5 Å². The number of carbonyl (C=O) groups excluding carboxylic acids is 3. The van der Waals surface area contributed by atoms with Gasteiger partial charge in [-0.15, -0.1) is 0 Å². The Kier molecular flexibility index (Phi) is 5.00. The normalized spacial score (nSPS) is 28.3. The van der Waals surface area contributed by atoms with Gasteiger partial charge >= 0.3 is 6.03 Å². The first-order chi connectivity index (χ1) is 13.8. The zero-order chi connectivity index (χ0) is 20.8. The average Bonchev–Trinajstić information content (AvgIpc) is 3.15. The van der Waals surface area contributed by atoms with Gasteiger partial charge in [0.25, 0.3) is 5.91 Å². The van der Waals surface area contributed by atoms with Gasteiger partial charge in [0.05, 0.1) is 0 Å². The number of benzene rings is 1. The number of hydrogen-bond acceptors (Lipinski definition) is 4. The molecular weight excluding hydrogens is 370 g/mol. The number of nitrogens with zero attached hydrogens (tertiary/aromatic N) is 2. The minimum atomic E-state index is -0.806. The monoisotopic (exact) mass is 399 g/mol. The number of urea groups is 1. The molecule has 1 aromatic carbocycles. The van der Waals surface area contributed by atoms with Gasteiger partial charge < -0.3 is 15.0 Å². The molecule has 2 fully saturated rings. The second-order valence-electron chi connectivity index (χ2n) is 8.91. The SMILES string of the molecule is CC1CCC2(CC1)NC(=O)N(CC(=O)N(C)Cc1ccc3c(c1)CC(C)O3)C2=O. The number of likely N-dealkylation sites (N-methyl/N-ethyl adjacent to an activating group) is 1. The summed E-state index contributed by atoms with van der Waals surface area (Å²) in [6.07, 6.45) is 4.16. The fraction of sp³-hybridized carbons (Fsp3) is 0.591. The quantitative estimate of drug-likeness (QED) is 0.789. The van der Waals surface area contributed by atoms with Gasteiger partial charge in [-0.25, -0.2) is 4.79 Å². The number of nitrogens with one attached hydrogen (secondary N) is 1. The van der Waals surface area contributed by atoms with Crippen molar-refractivity contribution in [3.63, 3.8) is 0 Å². The summed E-state index contributed by atoms with van der Waals surface area (Å²) in [5, 5.41) is 2.87. The Labute approximate surface area is 171 Å². The van der Waals surface area contributed by atoms with Crippen LogP contribution >= 0.6 is 0 Å². The van der Waals surface area contributed by atoms with Crippen molar-refractivity contribution in [3.8, 4) is 5.75 Å². The molecule has 3 aliphatic rings. The van der Waals surface area contributed by atoms with Crippen LogP contribution in [-0.4, -0.2) is 52.9 Å². The van der Waals surface area contributed by atoms with Crippen LogP contribution in [0.1, 0.15) is 50.7 Å². The first-order valence-electron chi connectivity index (χ1n) is 10.4. The molecule has 1 saturated heterocycles. The van der Waals surface area contributed by atoms with Crippen molar-refractivity contribution in [3.05, 3.63) is 29.3 Å². The molecule has 156 valence electrons. The Hall–Kier alpha value is -2.57. The maximum atomic E-state index is 12.9.